The summed E-state index contributed by atoms with van der Waals surface area (Å²) < 4.78 is 225. The minimum absolute atomic E-state index is 0.0335. The van der Waals surface area contributed by atoms with E-state index in [1.54, 1.807) is 0 Å². The van der Waals surface area contributed by atoms with Crippen LogP contribution in [0.1, 0.15) is 0 Å². The number of aromatic hydroxyl groups is 1. The fraction of sp³-hybridized carbons (Fsp3) is 0.114. The van der Waals surface area contributed by atoms with E-state index in [0.29, 0.717) is 18.2 Å². The van der Waals surface area contributed by atoms with Crippen molar-refractivity contribution in [1.29, 1.82) is 0 Å². The lowest BCUT2D eigenvalue weighted by atomic mass is 10.1. The summed E-state index contributed by atoms with van der Waals surface area (Å²) in [6, 6.07) is 15.4. The molecule has 0 saturated heterocycles. The highest BCUT2D eigenvalue weighted by Crippen LogP contribution is 2.46. The minimum Gasteiger partial charge on any atom is -0.505 e. The van der Waals surface area contributed by atoms with Gasteiger partial charge >= 0.3 is 20.8 Å². The van der Waals surface area contributed by atoms with Crippen molar-refractivity contribution in [2.24, 2.45) is 10.2 Å². The van der Waals surface area contributed by atoms with Crippen LogP contribution in [0.5, 0.6) is 5.75 Å². The highest BCUT2D eigenvalue weighted by Gasteiger charge is 2.27. The lowest BCUT2D eigenvalue weighted by Crippen LogP contribution is -2.15. The van der Waals surface area contributed by atoms with E-state index >= 15 is 0 Å². The van der Waals surface area contributed by atoms with E-state index in [2.05, 4.69) is 49.5 Å². The molecule has 1 aromatic heterocycles. The summed E-state index contributed by atoms with van der Waals surface area (Å²) >= 11 is 0. The van der Waals surface area contributed by atoms with Crippen molar-refractivity contribution in [2.45, 2.75) is 24.5 Å². The van der Waals surface area contributed by atoms with Gasteiger partial charge in [0.15, 0.2) is 25.4 Å². The second-order valence-corrected chi connectivity index (χ2v) is 24.7. The number of phenols is 1. The first kappa shape index (κ1) is 54.9. The number of sulfone groups is 2. The van der Waals surface area contributed by atoms with Gasteiger partial charge in [-0.15, -0.1) is 10.2 Å². The minimum atomic E-state index is -5.44. The molecule has 0 aliphatic heterocycles. The van der Waals surface area contributed by atoms with Crippen LogP contribution < -0.4 is 16.0 Å². The van der Waals surface area contributed by atoms with Gasteiger partial charge < -0.3 is 21.1 Å². The quantitative estimate of drug-likeness (QED) is 0.0369. The van der Waals surface area contributed by atoms with E-state index < -0.39 is 167 Å². The molecule has 386 valence electrons. The van der Waals surface area contributed by atoms with Crippen molar-refractivity contribution in [1.82, 2.24) is 15.0 Å². The van der Waals surface area contributed by atoms with Crippen LogP contribution in [0.2, 0.25) is 0 Å². The van der Waals surface area contributed by atoms with Gasteiger partial charge in [-0.05, 0) is 78.2 Å². The molecule has 0 aliphatic rings. The molecule has 0 unspecified atom stereocenters. The number of rotatable bonds is 21. The number of azo groups is 1. The van der Waals surface area contributed by atoms with Gasteiger partial charge in [-0.2, -0.15) is 57.0 Å². The Morgan fingerprint density at radius 3 is 1.56 bits per heavy atom. The fourth-order valence-electron chi connectivity index (χ4n) is 6.03. The van der Waals surface area contributed by atoms with Gasteiger partial charge in [0, 0.05) is 16.8 Å². The Kier molecular flexibility index (Phi) is 15.7. The van der Waals surface area contributed by atoms with E-state index in [9.17, 15) is 77.7 Å². The van der Waals surface area contributed by atoms with Crippen LogP contribution >= 0.6 is 0 Å². The highest BCUT2D eigenvalue weighted by atomic mass is 32.3. The predicted molar refractivity (Wildman–Crippen MR) is 247 cm³/mol. The SMILES string of the molecule is O=S(=O)(O)OCCS(=O)(=O)c1ccc(Nc2nc(Nc3cccc(S(=O)(=O)CCOS(=O)(=O)O)c3)nc(Nc3cc(S(=O)(=O)O)cc4cc(S(=O)(=O)O)c(N=Nc5ccccc5S(=O)(=O)O)c(O)c34)n2)cc1. The van der Waals surface area contributed by atoms with Gasteiger partial charge in [-0.25, -0.2) is 25.2 Å². The molecule has 0 spiro atoms. The largest absolute Gasteiger partial charge is 0.505 e. The molecule has 1 heterocycles. The summed E-state index contributed by atoms with van der Waals surface area (Å²) in [6.07, 6.45) is 0. The van der Waals surface area contributed by atoms with Crippen molar-refractivity contribution in [3.8, 4) is 5.75 Å². The summed E-state index contributed by atoms with van der Waals surface area (Å²) in [5, 5.41) is 25.8. The van der Waals surface area contributed by atoms with Crippen molar-refractivity contribution in [2.75, 3.05) is 40.7 Å². The maximum Gasteiger partial charge on any atom is 0.397 e. The number of hydrogen-bond acceptors (Lipinski definition) is 25. The van der Waals surface area contributed by atoms with Crippen molar-refractivity contribution >= 4 is 128 Å². The van der Waals surface area contributed by atoms with Crippen LogP contribution in [0.4, 0.5) is 46.3 Å². The molecule has 0 atom stereocenters. The Bertz CT molecular complexity index is 3980. The summed E-state index contributed by atoms with van der Waals surface area (Å²) in [4.78, 5) is 8.79. The number of phenolic OH excluding ortho intramolecular Hbond substituents is 1. The Labute approximate surface area is 407 Å². The van der Waals surface area contributed by atoms with Gasteiger partial charge in [-0.1, -0.05) is 18.2 Å². The van der Waals surface area contributed by atoms with E-state index in [1.807, 2.05) is 0 Å². The van der Waals surface area contributed by atoms with Crippen molar-refractivity contribution in [3.63, 3.8) is 0 Å². The number of aromatic nitrogens is 3. The van der Waals surface area contributed by atoms with Crippen LogP contribution in [-0.2, 0) is 79.2 Å². The average Bonchev–Trinajstić information content (AvgIpc) is 3.24. The first-order valence-electron chi connectivity index (χ1n) is 18.9. The fourth-order valence-corrected chi connectivity index (χ4v) is 10.9. The molecule has 9 N–H and O–H groups in total. The number of nitrogens with one attached hydrogen (secondary N) is 3. The average molecular weight is 1140 g/mol. The number of anilines is 6. The summed E-state index contributed by atoms with van der Waals surface area (Å²) in [5.41, 5.74) is -2.32. The zero-order valence-electron chi connectivity index (χ0n) is 35.3. The zero-order chi connectivity index (χ0) is 53.2. The molecule has 0 radical (unpaired) electrons. The second-order valence-electron chi connectivity index (χ2n) is 14.1. The number of hydrogen-bond donors (Lipinski definition) is 9. The van der Waals surface area contributed by atoms with Crippen molar-refractivity contribution < 1.29 is 95.2 Å². The number of fused-ring (bicyclic) bond motifs is 1. The lowest BCUT2D eigenvalue weighted by molar-refractivity contribution is 0.282. The molecule has 30 nitrogen and oxygen atoms in total. The number of nitrogens with zero attached hydrogens (tertiary/aromatic N) is 5. The van der Waals surface area contributed by atoms with Crippen LogP contribution in [0, 0.1) is 0 Å². The van der Waals surface area contributed by atoms with Gasteiger partial charge in [0.2, 0.25) is 17.8 Å². The molecule has 0 saturated carbocycles. The Morgan fingerprint density at radius 1 is 0.486 bits per heavy atom. The molecule has 0 bridgehead atoms. The Balaban J connectivity index is 1.49. The lowest BCUT2D eigenvalue weighted by Gasteiger charge is -2.16. The molecule has 37 heteroatoms. The predicted octanol–water partition coefficient (Wildman–Crippen LogP) is 3.30. The molecule has 0 aliphatic carbocycles. The molecule has 72 heavy (non-hydrogen) atoms. The third-order valence-electron chi connectivity index (χ3n) is 9.07. The van der Waals surface area contributed by atoms with Crippen LogP contribution in [-0.4, -0.2) is 126 Å². The van der Waals surface area contributed by atoms with Gasteiger partial charge in [0.05, 0.1) is 45.1 Å². The topological polar surface area (TPSA) is 478 Å². The van der Waals surface area contributed by atoms with Crippen LogP contribution in [0.15, 0.2) is 126 Å². The van der Waals surface area contributed by atoms with E-state index in [0.717, 1.165) is 36.4 Å². The van der Waals surface area contributed by atoms with E-state index in [-0.39, 0.29) is 16.3 Å². The smallest absolute Gasteiger partial charge is 0.397 e. The molecular formula is C35H32N8O22S7. The number of benzene rings is 5. The second kappa shape index (κ2) is 20.6. The summed E-state index contributed by atoms with van der Waals surface area (Å²) in [6.45, 7) is -1.91. The van der Waals surface area contributed by atoms with E-state index in [1.165, 1.54) is 36.4 Å². The standard InChI is InChI=1S/C35H32N8O22S7/c44-32-30-20(17-29(70(55,56)57)31(32)43-42-26-6-1-2-7-28(26)69(52,53)54)16-25(68(49,50)51)19-27(30)38-35-40-33(36-21-8-10-23(11-9-21)66(45,46)14-12-64-71(58,59)60)39-34(41-35)37-22-4-3-5-24(18-22)67(47,48)15-13-65-72(61,62)63/h1-11,16-19,44H,12-15H2,(H,49,50,51)(H,52,53,54)(H,55,56,57)(H,58,59,60)(H,61,62,63)(H3,36,37,38,39,40,41). The van der Waals surface area contributed by atoms with Gasteiger partial charge in [0.1, 0.15) is 21.2 Å². The third kappa shape index (κ3) is 14.4. The molecule has 6 aromatic rings. The third-order valence-corrected chi connectivity index (χ3v) is 16.0. The highest BCUT2D eigenvalue weighted by molar-refractivity contribution is 7.92. The van der Waals surface area contributed by atoms with E-state index in [4.69, 9.17) is 9.11 Å². The maximum absolute atomic E-state index is 13.0. The van der Waals surface area contributed by atoms with Gasteiger partial charge in [-0.3, -0.25) is 22.8 Å². The van der Waals surface area contributed by atoms with Crippen LogP contribution in [0.3, 0.4) is 0 Å². The Hall–Kier alpha value is -6.46. The summed E-state index contributed by atoms with van der Waals surface area (Å²) in [7, 11) is -34.1. The molecule has 0 amide bonds. The summed E-state index contributed by atoms with van der Waals surface area (Å²) in [5.74, 6) is -4.60. The molecular weight excluding hydrogens is 1110 g/mol. The zero-order valence-corrected chi connectivity index (χ0v) is 41.0. The van der Waals surface area contributed by atoms with Gasteiger partial charge in [0.25, 0.3) is 30.4 Å². The normalized spacial score (nSPS) is 13.1. The molecule has 0 fully saturated rings. The molecule has 6 rings (SSSR count). The first-order valence-corrected chi connectivity index (χ1v) is 29.3. The maximum atomic E-state index is 13.0. The van der Waals surface area contributed by atoms with Crippen molar-refractivity contribution in [3.05, 3.63) is 91.0 Å². The molecule has 5 aromatic carbocycles. The Morgan fingerprint density at radius 2 is 1.01 bits per heavy atom. The first-order chi connectivity index (χ1) is 33.2. The van der Waals surface area contributed by atoms with Crippen LogP contribution in [0.25, 0.3) is 10.8 Å². The monoisotopic (exact) mass is 1140 g/mol.